The Morgan fingerprint density at radius 3 is 2.84 bits per heavy atom. The van der Waals surface area contributed by atoms with Crippen LogP contribution in [0.25, 0.3) is 5.57 Å². The monoisotopic (exact) mass is 260 g/mol. The minimum atomic E-state index is -0.463. The molecule has 4 heteroatoms. The average molecular weight is 260 g/mol. The lowest BCUT2D eigenvalue weighted by molar-refractivity contribution is -0.156. The molecule has 2 rings (SSSR count). The maximum Gasteiger partial charge on any atom is 0.327 e. The Bertz CT molecular complexity index is 475. The SMILES string of the molecule is CC(C)(C)OC(=O)C1C=C(c2ccccn2)CCN1. The Kier molecular flexibility index (Phi) is 4.00. The van der Waals surface area contributed by atoms with E-state index in [2.05, 4.69) is 10.3 Å². The van der Waals surface area contributed by atoms with Crippen LogP contribution in [-0.4, -0.2) is 29.1 Å². The summed E-state index contributed by atoms with van der Waals surface area (Å²) in [5, 5.41) is 3.16. The van der Waals surface area contributed by atoms with Crippen molar-refractivity contribution in [3.63, 3.8) is 0 Å². The highest BCUT2D eigenvalue weighted by molar-refractivity contribution is 5.82. The maximum atomic E-state index is 12.0. The molecule has 0 bridgehead atoms. The van der Waals surface area contributed by atoms with Gasteiger partial charge in [0.15, 0.2) is 0 Å². The summed E-state index contributed by atoms with van der Waals surface area (Å²) in [4.78, 5) is 16.4. The molecule has 1 atom stereocenters. The Hall–Kier alpha value is -1.68. The van der Waals surface area contributed by atoms with Gasteiger partial charge in [0, 0.05) is 12.7 Å². The molecule has 1 aliphatic rings. The van der Waals surface area contributed by atoms with E-state index in [0.29, 0.717) is 0 Å². The summed E-state index contributed by atoms with van der Waals surface area (Å²) in [6.07, 6.45) is 4.55. The lowest BCUT2D eigenvalue weighted by atomic mass is 10.0. The molecule has 1 aromatic rings. The maximum absolute atomic E-state index is 12.0. The predicted octanol–water partition coefficient (Wildman–Crippen LogP) is 2.17. The van der Waals surface area contributed by atoms with Crippen molar-refractivity contribution in [1.82, 2.24) is 10.3 Å². The topological polar surface area (TPSA) is 51.2 Å². The summed E-state index contributed by atoms with van der Waals surface area (Å²) in [6, 6.07) is 5.41. The number of nitrogens with one attached hydrogen (secondary N) is 1. The first-order valence-electron chi connectivity index (χ1n) is 6.54. The molecule has 102 valence electrons. The molecular formula is C15H20N2O2. The van der Waals surface area contributed by atoms with E-state index in [1.54, 1.807) is 6.20 Å². The van der Waals surface area contributed by atoms with Crippen LogP contribution in [0, 0.1) is 0 Å². The number of aromatic nitrogens is 1. The minimum Gasteiger partial charge on any atom is -0.459 e. The van der Waals surface area contributed by atoms with Crippen molar-refractivity contribution in [2.24, 2.45) is 0 Å². The lowest BCUT2D eigenvalue weighted by Crippen LogP contribution is -2.42. The Morgan fingerprint density at radius 1 is 1.42 bits per heavy atom. The molecule has 0 amide bonds. The zero-order valence-corrected chi connectivity index (χ0v) is 11.6. The van der Waals surface area contributed by atoms with E-state index < -0.39 is 5.60 Å². The third-order valence-corrected chi connectivity index (χ3v) is 2.78. The van der Waals surface area contributed by atoms with E-state index >= 15 is 0 Å². The van der Waals surface area contributed by atoms with Gasteiger partial charge in [-0.3, -0.25) is 4.98 Å². The highest BCUT2D eigenvalue weighted by atomic mass is 16.6. The molecule has 0 spiro atoms. The Morgan fingerprint density at radius 2 is 2.21 bits per heavy atom. The standard InChI is InChI=1S/C15H20N2O2/c1-15(2,3)19-14(18)13-10-11(7-9-17-13)12-6-4-5-8-16-12/h4-6,8,10,13,17H,7,9H2,1-3H3. The van der Waals surface area contributed by atoms with Crippen LogP contribution >= 0.6 is 0 Å². The van der Waals surface area contributed by atoms with Gasteiger partial charge in [-0.25, -0.2) is 4.79 Å². The van der Waals surface area contributed by atoms with Crippen molar-refractivity contribution < 1.29 is 9.53 Å². The minimum absolute atomic E-state index is 0.236. The fourth-order valence-corrected chi connectivity index (χ4v) is 1.99. The molecule has 0 saturated heterocycles. The highest BCUT2D eigenvalue weighted by Gasteiger charge is 2.26. The number of esters is 1. The van der Waals surface area contributed by atoms with Gasteiger partial charge >= 0.3 is 5.97 Å². The fraction of sp³-hybridized carbons (Fsp3) is 0.467. The second-order valence-electron chi connectivity index (χ2n) is 5.62. The van der Waals surface area contributed by atoms with Gasteiger partial charge in [-0.2, -0.15) is 0 Å². The summed E-state index contributed by atoms with van der Waals surface area (Å²) in [5.74, 6) is -0.236. The van der Waals surface area contributed by atoms with Crippen LogP contribution in [0.4, 0.5) is 0 Å². The number of carbonyl (C=O) groups excluding carboxylic acids is 1. The molecule has 1 aromatic heterocycles. The molecule has 1 N–H and O–H groups in total. The van der Waals surface area contributed by atoms with E-state index in [1.165, 1.54) is 0 Å². The van der Waals surface area contributed by atoms with Crippen LogP contribution in [0.1, 0.15) is 32.9 Å². The number of ether oxygens (including phenoxy) is 1. The number of rotatable bonds is 2. The van der Waals surface area contributed by atoms with E-state index in [9.17, 15) is 4.79 Å². The number of hydrogen-bond acceptors (Lipinski definition) is 4. The van der Waals surface area contributed by atoms with E-state index in [0.717, 1.165) is 24.2 Å². The second kappa shape index (κ2) is 5.53. The summed E-state index contributed by atoms with van der Waals surface area (Å²) in [5.41, 5.74) is 1.56. The molecule has 0 saturated carbocycles. The number of hydrogen-bond donors (Lipinski definition) is 1. The molecule has 0 fully saturated rings. The second-order valence-corrected chi connectivity index (χ2v) is 5.62. The Labute approximate surface area is 113 Å². The lowest BCUT2D eigenvalue weighted by Gasteiger charge is -2.26. The third-order valence-electron chi connectivity index (χ3n) is 2.78. The first-order chi connectivity index (χ1) is 8.96. The summed E-state index contributed by atoms with van der Waals surface area (Å²) in [7, 11) is 0. The number of nitrogens with zero attached hydrogens (tertiary/aromatic N) is 1. The van der Waals surface area contributed by atoms with E-state index in [1.807, 2.05) is 45.0 Å². The number of carbonyl (C=O) groups is 1. The third kappa shape index (κ3) is 3.89. The molecule has 0 radical (unpaired) electrons. The van der Waals surface area contributed by atoms with Gasteiger partial charge in [0.2, 0.25) is 0 Å². The van der Waals surface area contributed by atoms with Crippen molar-refractivity contribution in [2.75, 3.05) is 6.54 Å². The number of pyridine rings is 1. The van der Waals surface area contributed by atoms with Crippen LogP contribution in [-0.2, 0) is 9.53 Å². The zero-order valence-electron chi connectivity index (χ0n) is 11.6. The van der Waals surface area contributed by atoms with Crippen LogP contribution in [0.15, 0.2) is 30.5 Å². The van der Waals surface area contributed by atoms with Crippen molar-refractivity contribution in [2.45, 2.75) is 38.8 Å². The van der Waals surface area contributed by atoms with Gasteiger partial charge in [0.05, 0.1) is 5.69 Å². The molecule has 0 aromatic carbocycles. The molecular weight excluding hydrogens is 240 g/mol. The molecule has 4 nitrogen and oxygen atoms in total. The van der Waals surface area contributed by atoms with Gasteiger partial charge in [-0.1, -0.05) is 12.1 Å². The van der Waals surface area contributed by atoms with Gasteiger partial charge in [0.1, 0.15) is 11.6 Å². The zero-order chi connectivity index (χ0) is 13.9. The van der Waals surface area contributed by atoms with Gasteiger partial charge < -0.3 is 10.1 Å². The van der Waals surface area contributed by atoms with E-state index in [-0.39, 0.29) is 12.0 Å². The Balaban J connectivity index is 2.14. The first kappa shape index (κ1) is 13.7. The average Bonchev–Trinajstić information content (AvgIpc) is 2.38. The largest absolute Gasteiger partial charge is 0.459 e. The van der Waals surface area contributed by atoms with Gasteiger partial charge in [0.25, 0.3) is 0 Å². The van der Waals surface area contributed by atoms with Crippen molar-refractivity contribution in [3.8, 4) is 0 Å². The smallest absolute Gasteiger partial charge is 0.327 e. The fourth-order valence-electron chi connectivity index (χ4n) is 1.99. The summed E-state index contributed by atoms with van der Waals surface area (Å²) in [6.45, 7) is 6.37. The molecule has 1 unspecified atom stereocenters. The van der Waals surface area contributed by atoms with Crippen molar-refractivity contribution in [3.05, 3.63) is 36.2 Å². The van der Waals surface area contributed by atoms with Crippen LogP contribution in [0.3, 0.4) is 0 Å². The van der Waals surface area contributed by atoms with Crippen LogP contribution in [0.5, 0.6) is 0 Å². The molecule has 19 heavy (non-hydrogen) atoms. The van der Waals surface area contributed by atoms with E-state index in [4.69, 9.17) is 4.74 Å². The molecule has 1 aliphatic heterocycles. The van der Waals surface area contributed by atoms with Crippen molar-refractivity contribution >= 4 is 11.5 Å². The van der Waals surface area contributed by atoms with Gasteiger partial charge in [-0.05, 0) is 44.9 Å². The van der Waals surface area contributed by atoms with Crippen LogP contribution in [0.2, 0.25) is 0 Å². The first-order valence-corrected chi connectivity index (χ1v) is 6.54. The highest BCUT2D eigenvalue weighted by Crippen LogP contribution is 2.20. The summed E-state index contributed by atoms with van der Waals surface area (Å²) >= 11 is 0. The predicted molar refractivity (Wildman–Crippen MR) is 74.5 cm³/mol. The normalized spacial score (nSPS) is 19.7. The van der Waals surface area contributed by atoms with Crippen molar-refractivity contribution in [1.29, 1.82) is 0 Å². The van der Waals surface area contributed by atoms with Crippen LogP contribution < -0.4 is 5.32 Å². The molecule has 2 heterocycles. The summed E-state index contributed by atoms with van der Waals surface area (Å²) < 4.78 is 5.39. The quantitative estimate of drug-likeness (QED) is 0.828. The molecule has 0 aliphatic carbocycles. The van der Waals surface area contributed by atoms with Gasteiger partial charge in [-0.15, -0.1) is 0 Å².